The minimum Gasteiger partial charge on any atom is -0.348 e. The van der Waals surface area contributed by atoms with E-state index in [2.05, 4.69) is 24.5 Å². The number of non-ortho nitro benzene ring substituents is 1. The number of carbonyl (C=O) groups is 2. The molecule has 2 atom stereocenters. The summed E-state index contributed by atoms with van der Waals surface area (Å²) >= 11 is 6.04. The van der Waals surface area contributed by atoms with Crippen molar-refractivity contribution >= 4 is 29.1 Å². The fourth-order valence-electron chi connectivity index (χ4n) is 3.11. The molecular formula is C23H28ClN3O4. The van der Waals surface area contributed by atoms with Crippen molar-refractivity contribution in [1.82, 2.24) is 10.6 Å². The van der Waals surface area contributed by atoms with Gasteiger partial charge in [0.15, 0.2) is 0 Å². The van der Waals surface area contributed by atoms with Crippen molar-refractivity contribution in [3.05, 3.63) is 74.3 Å². The maximum atomic E-state index is 12.9. The van der Waals surface area contributed by atoms with Crippen molar-refractivity contribution in [3.63, 3.8) is 0 Å². The van der Waals surface area contributed by atoms with Gasteiger partial charge in [-0.25, -0.2) is 0 Å². The van der Waals surface area contributed by atoms with Gasteiger partial charge in [0, 0.05) is 12.1 Å². The van der Waals surface area contributed by atoms with Gasteiger partial charge in [-0.15, -0.1) is 0 Å². The normalized spacial score (nSPS) is 13.0. The number of hydrogen-bond acceptors (Lipinski definition) is 4. The summed E-state index contributed by atoms with van der Waals surface area (Å²) in [5.41, 5.74) is 2.04. The molecule has 0 bridgehead atoms. The summed E-state index contributed by atoms with van der Waals surface area (Å²) in [6.45, 7) is 9.77. The van der Waals surface area contributed by atoms with E-state index in [1.165, 1.54) is 17.7 Å². The first-order valence-corrected chi connectivity index (χ1v) is 10.5. The lowest BCUT2D eigenvalue weighted by molar-refractivity contribution is -0.384. The lowest BCUT2D eigenvalue weighted by Gasteiger charge is -2.24. The fraction of sp³-hybridized carbons (Fsp3) is 0.391. The number of hydrogen-bond donors (Lipinski definition) is 2. The molecule has 2 unspecified atom stereocenters. The molecule has 0 saturated carbocycles. The molecule has 0 aliphatic carbocycles. The van der Waals surface area contributed by atoms with Crippen LogP contribution in [0.4, 0.5) is 5.69 Å². The van der Waals surface area contributed by atoms with Gasteiger partial charge in [0.1, 0.15) is 6.04 Å². The average molecular weight is 446 g/mol. The summed E-state index contributed by atoms with van der Waals surface area (Å²) in [5, 5.41) is 16.5. The van der Waals surface area contributed by atoms with E-state index in [1.807, 2.05) is 45.0 Å². The molecule has 0 fully saturated rings. The number of nitro benzene ring substituents is 1. The fourth-order valence-corrected chi connectivity index (χ4v) is 3.37. The minimum absolute atomic E-state index is 0.0479. The van der Waals surface area contributed by atoms with Crippen LogP contribution in [0.2, 0.25) is 5.02 Å². The van der Waals surface area contributed by atoms with E-state index >= 15 is 0 Å². The molecule has 166 valence electrons. The van der Waals surface area contributed by atoms with Crippen LogP contribution in [0.25, 0.3) is 0 Å². The number of rotatable bonds is 8. The molecule has 31 heavy (non-hydrogen) atoms. The van der Waals surface area contributed by atoms with Crippen LogP contribution >= 0.6 is 11.6 Å². The Hall–Kier alpha value is -2.93. The van der Waals surface area contributed by atoms with E-state index in [4.69, 9.17) is 11.6 Å². The molecular weight excluding hydrogens is 418 g/mol. The van der Waals surface area contributed by atoms with Crippen molar-refractivity contribution < 1.29 is 14.5 Å². The van der Waals surface area contributed by atoms with Gasteiger partial charge in [-0.2, -0.15) is 0 Å². The van der Waals surface area contributed by atoms with Crippen LogP contribution in [0.3, 0.4) is 0 Å². The Balaban J connectivity index is 2.11. The summed E-state index contributed by atoms with van der Waals surface area (Å²) in [6.07, 6.45) is 0. The summed E-state index contributed by atoms with van der Waals surface area (Å²) in [4.78, 5) is 35.8. The Labute approximate surface area is 187 Å². The second-order valence-corrected chi connectivity index (χ2v) is 8.58. The van der Waals surface area contributed by atoms with Crippen molar-refractivity contribution in [2.75, 3.05) is 0 Å². The topological polar surface area (TPSA) is 101 Å². The molecule has 2 aromatic rings. The molecule has 0 aliphatic heterocycles. The first-order valence-electron chi connectivity index (χ1n) is 10.2. The van der Waals surface area contributed by atoms with Crippen molar-refractivity contribution in [1.29, 1.82) is 0 Å². The van der Waals surface area contributed by atoms with Gasteiger partial charge in [-0.3, -0.25) is 19.7 Å². The van der Waals surface area contributed by atoms with Gasteiger partial charge in [-0.05, 0) is 36.0 Å². The number of benzene rings is 2. The number of amides is 2. The monoisotopic (exact) mass is 445 g/mol. The Morgan fingerprint density at radius 2 is 1.52 bits per heavy atom. The molecule has 2 rings (SSSR count). The number of carbonyl (C=O) groups excluding carboxylic acids is 2. The Morgan fingerprint density at radius 1 is 0.935 bits per heavy atom. The van der Waals surface area contributed by atoms with Crippen LogP contribution in [0.5, 0.6) is 0 Å². The molecule has 0 radical (unpaired) electrons. The van der Waals surface area contributed by atoms with E-state index in [-0.39, 0.29) is 34.1 Å². The Bertz CT molecular complexity index is 958. The maximum Gasteiger partial charge on any atom is 0.270 e. The summed E-state index contributed by atoms with van der Waals surface area (Å²) in [6, 6.07) is 10.6. The second kappa shape index (κ2) is 10.4. The molecule has 0 aliphatic rings. The summed E-state index contributed by atoms with van der Waals surface area (Å²) in [7, 11) is 0. The van der Waals surface area contributed by atoms with Crippen molar-refractivity contribution in [3.8, 4) is 0 Å². The second-order valence-electron chi connectivity index (χ2n) is 8.17. The standard InChI is InChI=1S/C23H28ClN3O4/c1-13(2)16-6-8-17(9-7-16)15(5)25-23(29)21(14(3)4)26-22(28)19-11-10-18(27(30)31)12-20(19)24/h6-15,21H,1-5H3,(H,25,29)(H,26,28). The van der Waals surface area contributed by atoms with Gasteiger partial charge >= 0.3 is 0 Å². The maximum absolute atomic E-state index is 12.9. The SMILES string of the molecule is CC(C)c1ccc(C(C)NC(=O)C(NC(=O)c2ccc([N+](=O)[O-])cc2Cl)C(C)C)cc1. The van der Waals surface area contributed by atoms with E-state index in [0.717, 1.165) is 11.6 Å². The lowest BCUT2D eigenvalue weighted by atomic mass is 9.98. The van der Waals surface area contributed by atoms with Crippen LogP contribution in [0, 0.1) is 16.0 Å². The smallest absolute Gasteiger partial charge is 0.270 e. The first kappa shape index (κ1) is 24.3. The van der Waals surface area contributed by atoms with E-state index in [1.54, 1.807) is 0 Å². The molecule has 2 N–H and O–H groups in total. The van der Waals surface area contributed by atoms with Crippen molar-refractivity contribution in [2.24, 2.45) is 5.92 Å². The molecule has 7 nitrogen and oxygen atoms in total. The zero-order valence-electron chi connectivity index (χ0n) is 18.3. The quantitative estimate of drug-likeness (QED) is 0.440. The third kappa shape index (κ3) is 6.28. The number of halogens is 1. The molecule has 0 aromatic heterocycles. The zero-order valence-corrected chi connectivity index (χ0v) is 19.1. The third-order valence-electron chi connectivity index (χ3n) is 5.11. The van der Waals surface area contributed by atoms with E-state index < -0.39 is 16.9 Å². The molecule has 2 aromatic carbocycles. The van der Waals surface area contributed by atoms with Crippen LogP contribution in [0.15, 0.2) is 42.5 Å². The summed E-state index contributed by atoms with van der Waals surface area (Å²) in [5.74, 6) is -0.647. The van der Waals surface area contributed by atoms with Crippen LogP contribution in [-0.2, 0) is 4.79 Å². The van der Waals surface area contributed by atoms with E-state index in [9.17, 15) is 19.7 Å². The number of nitro groups is 1. The molecule has 0 saturated heterocycles. The van der Waals surface area contributed by atoms with E-state index in [0.29, 0.717) is 5.92 Å². The Morgan fingerprint density at radius 3 is 2.00 bits per heavy atom. The van der Waals surface area contributed by atoms with Gasteiger partial charge in [0.25, 0.3) is 11.6 Å². The highest BCUT2D eigenvalue weighted by molar-refractivity contribution is 6.34. The summed E-state index contributed by atoms with van der Waals surface area (Å²) < 4.78 is 0. The highest BCUT2D eigenvalue weighted by atomic mass is 35.5. The Kier molecular flexibility index (Phi) is 8.16. The van der Waals surface area contributed by atoms with Gasteiger partial charge in [-0.1, -0.05) is 63.6 Å². The molecule has 0 spiro atoms. The molecule has 2 amide bonds. The van der Waals surface area contributed by atoms with Crippen molar-refractivity contribution in [2.45, 2.75) is 52.6 Å². The average Bonchev–Trinajstić information content (AvgIpc) is 2.71. The molecule has 8 heteroatoms. The highest BCUT2D eigenvalue weighted by Gasteiger charge is 2.27. The number of nitrogens with one attached hydrogen (secondary N) is 2. The van der Waals surface area contributed by atoms with Gasteiger partial charge < -0.3 is 10.6 Å². The van der Waals surface area contributed by atoms with Gasteiger partial charge in [0.2, 0.25) is 5.91 Å². The molecule has 0 heterocycles. The van der Waals surface area contributed by atoms with Gasteiger partial charge in [0.05, 0.1) is 21.6 Å². The van der Waals surface area contributed by atoms with Crippen LogP contribution < -0.4 is 10.6 Å². The predicted molar refractivity (Wildman–Crippen MR) is 121 cm³/mol. The first-order chi connectivity index (χ1) is 14.5. The number of nitrogens with zero attached hydrogens (tertiary/aromatic N) is 1. The minimum atomic E-state index is -0.795. The van der Waals surface area contributed by atoms with Crippen LogP contribution in [-0.4, -0.2) is 22.8 Å². The third-order valence-corrected chi connectivity index (χ3v) is 5.42. The predicted octanol–water partition coefficient (Wildman–Crippen LogP) is 5.00. The largest absolute Gasteiger partial charge is 0.348 e. The van der Waals surface area contributed by atoms with Crippen LogP contribution in [0.1, 0.15) is 68.1 Å². The lowest BCUT2D eigenvalue weighted by Crippen LogP contribution is -2.50. The zero-order chi connectivity index (χ0) is 23.3. The highest BCUT2D eigenvalue weighted by Crippen LogP contribution is 2.23.